The van der Waals surface area contributed by atoms with Crippen molar-refractivity contribution in [2.75, 3.05) is 20.8 Å². The summed E-state index contributed by atoms with van der Waals surface area (Å²) in [5.74, 6) is 1.33. The van der Waals surface area contributed by atoms with Crippen LogP contribution in [0.4, 0.5) is 0 Å². The van der Waals surface area contributed by atoms with Gasteiger partial charge in [-0.3, -0.25) is 9.63 Å². The Hall–Kier alpha value is -1.98. The average molecular weight is 352 g/mol. The predicted octanol–water partition coefficient (Wildman–Crippen LogP) is 4.34. The van der Waals surface area contributed by atoms with Gasteiger partial charge in [-0.2, -0.15) is 0 Å². The molecule has 130 valence electrons. The maximum absolute atomic E-state index is 12.0. The largest absolute Gasteiger partial charge is 0.493 e. The zero-order valence-electron chi connectivity index (χ0n) is 14.2. The summed E-state index contributed by atoms with van der Waals surface area (Å²) in [5, 5.41) is 1.75. The molecular formula is C18H22ClNO4. The highest BCUT2D eigenvalue weighted by molar-refractivity contribution is 6.30. The van der Waals surface area contributed by atoms with Crippen molar-refractivity contribution in [3.05, 3.63) is 52.4 Å². The van der Waals surface area contributed by atoms with E-state index in [4.69, 9.17) is 25.6 Å². The average Bonchev–Trinajstić information content (AvgIpc) is 3.04. The van der Waals surface area contributed by atoms with E-state index < -0.39 is 0 Å². The molecule has 0 radical (unpaired) electrons. The molecule has 0 aliphatic carbocycles. The number of benzene rings is 1. The molecule has 6 heteroatoms. The Balaban J connectivity index is 2.14. The van der Waals surface area contributed by atoms with Gasteiger partial charge >= 0.3 is 5.91 Å². The van der Waals surface area contributed by atoms with Crippen LogP contribution in [-0.4, -0.2) is 31.7 Å². The van der Waals surface area contributed by atoms with Gasteiger partial charge in [0, 0.05) is 24.1 Å². The number of hydrogen-bond donors (Lipinski definition) is 0. The van der Waals surface area contributed by atoms with Gasteiger partial charge in [-0.15, -0.1) is 0 Å². The van der Waals surface area contributed by atoms with Crippen molar-refractivity contribution in [3.63, 3.8) is 0 Å². The van der Waals surface area contributed by atoms with E-state index in [2.05, 4.69) is 6.92 Å². The highest BCUT2D eigenvalue weighted by Crippen LogP contribution is 2.26. The van der Waals surface area contributed by atoms with E-state index in [1.807, 2.05) is 12.1 Å². The van der Waals surface area contributed by atoms with Crippen molar-refractivity contribution in [2.24, 2.45) is 0 Å². The molecule has 0 aliphatic rings. The first-order valence-corrected chi connectivity index (χ1v) is 8.25. The lowest BCUT2D eigenvalue weighted by molar-refractivity contribution is -0.0774. The molecule has 0 atom stereocenters. The fourth-order valence-corrected chi connectivity index (χ4v) is 2.36. The monoisotopic (exact) mass is 351 g/mol. The minimum Gasteiger partial charge on any atom is -0.493 e. The number of hydrogen-bond acceptors (Lipinski definition) is 4. The number of halogens is 1. The smallest absolute Gasteiger partial charge is 0.312 e. The van der Waals surface area contributed by atoms with Crippen LogP contribution in [-0.2, 0) is 11.3 Å². The fraction of sp³-hybridized carbons (Fsp3) is 0.389. The third kappa shape index (κ3) is 4.76. The second-order valence-electron chi connectivity index (χ2n) is 5.38. The number of carbonyl (C=O) groups excluding carboxylic acids is 1. The molecule has 1 aromatic carbocycles. The number of rotatable bonds is 8. The van der Waals surface area contributed by atoms with Gasteiger partial charge in [0.05, 0.1) is 13.7 Å². The van der Waals surface area contributed by atoms with Crippen molar-refractivity contribution in [1.29, 1.82) is 0 Å². The molecule has 1 amide bonds. The molecule has 0 saturated carbocycles. The first-order chi connectivity index (χ1) is 11.5. The van der Waals surface area contributed by atoms with E-state index in [1.165, 1.54) is 14.2 Å². The van der Waals surface area contributed by atoms with Crippen LogP contribution in [0.15, 0.2) is 34.7 Å². The standard InChI is InChI=1S/C18H22ClNO4/c1-4-5-10-23-16-8-6-14(19)11-13(16)12-15-7-9-17(24-15)18(21)20(2)22-3/h6-9,11H,4-5,10,12H2,1-3H3. The fourth-order valence-electron chi connectivity index (χ4n) is 2.17. The molecule has 0 aliphatic heterocycles. The zero-order chi connectivity index (χ0) is 17.5. The van der Waals surface area contributed by atoms with Crippen LogP contribution in [0.25, 0.3) is 0 Å². The van der Waals surface area contributed by atoms with Crippen LogP contribution < -0.4 is 4.74 Å². The van der Waals surface area contributed by atoms with Crippen molar-refractivity contribution in [3.8, 4) is 5.75 Å². The topological polar surface area (TPSA) is 51.9 Å². The summed E-state index contributed by atoms with van der Waals surface area (Å²) in [4.78, 5) is 16.9. The van der Waals surface area contributed by atoms with Gasteiger partial charge in [0.25, 0.3) is 0 Å². The Morgan fingerprint density at radius 1 is 1.29 bits per heavy atom. The highest BCUT2D eigenvalue weighted by atomic mass is 35.5. The second kappa shape index (κ2) is 8.76. The normalized spacial score (nSPS) is 10.7. The Morgan fingerprint density at radius 3 is 2.79 bits per heavy atom. The van der Waals surface area contributed by atoms with Crippen LogP contribution in [0.1, 0.15) is 41.6 Å². The van der Waals surface area contributed by atoms with E-state index in [0.29, 0.717) is 23.8 Å². The maximum atomic E-state index is 12.0. The Bertz CT molecular complexity index is 683. The lowest BCUT2D eigenvalue weighted by atomic mass is 10.1. The molecule has 5 nitrogen and oxygen atoms in total. The number of unbranched alkanes of at least 4 members (excludes halogenated alkanes) is 1. The number of ether oxygens (including phenoxy) is 1. The summed E-state index contributed by atoms with van der Waals surface area (Å²) in [7, 11) is 2.95. The molecule has 2 aromatic rings. The van der Waals surface area contributed by atoms with Gasteiger partial charge < -0.3 is 9.15 Å². The van der Waals surface area contributed by atoms with E-state index in [0.717, 1.165) is 29.2 Å². The van der Waals surface area contributed by atoms with Gasteiger partial charge in [0.15, 0.2) is 5.76 Å². The molecule has 24 heavy (non-hydrogen) atoms. The van der Waals surface area contributed by atoms with Gasteiger partial charge in [-0.05, 0) is 36.8 Å². The number of nitrogens with zero attached hydrogens (tertiary/aromatic N) is 1. The summed E-state index contributed by atoms with van der Waals surface area (Å²) >= 11 is 6.10. The third-order valence-electron chi connectivity index (χ3n) is 3.57. The Kier molecular flexibility index (Phi) is 6.70. The van der Waals surface area contributed by atoms with Crippen LogP contribution in [0.3, 0.4) is 0 Å². The lowest BCUT2D eigenvalue weighted by Crippen LogP contribution is -2.24. The first-order valence-electron chi connectivity index (χ1n) is 7.87. The summed E-state index contributed by atoms with van der Waals surface area (Å²) in [5.41, 5.74) is 0.923. The summed E-state index contributed by atoms with van der Waals surface area (Å²) < 4.78 is 11.4. The molecule has 2 rings (SSSR count). The lowest BCUT2D eigenvalue weighted by Gasteiger charge is -2.12. The molecule has 1 aromatic heterocycles. The van der Waals surface area contributed by atoms with Crippen LogP contribution in [0.2, 0.25) is 5.02 Å². The van der Waals surface area contributed by atoms with Gasteiger partial charge in [0.1, 0.15) is 11.5 Å². The summed E-state index contributed by atoms with van der Waals surface area (Å²) in [6, 6.07) is 8.93. The molecule has 0 saturated heterocycles. The number of furan rings is 1. The number of hydroxylamine groups is 2. The molecular weight excluding hydrogens is 330 g/mol. The van der Waals surface area contributed by atoms with E-state index in [-0.39, 0.29) is 11.7 Å². The number of carbonyl (C=O) groups is 1. The molecule has 0 N–H and O–H groups in total. The maximum Gasteiger partial charge on any atom is 0.312 e. The minimum absolute atomic E-state index is 0.227. The summed E-state index contributed by atoms with van der Waals surface area (Å²) in [6.07, 6.45) is 2.55. The quantitative estimate of drug-likeness (QED) is 0.524. The van der Waals surface area contributed by atoms with Crippen LogP contribution in [0.5, 0.6) is 5.75 Å². The highest BCUT2D eigenvalue weighted by Gasteiger charge is 2.17. The van der Waals surface area contributed by atoms with Gasteiger partial charge in [-0.25, -0.2) is 5.06 Å². The molecule has 0 unspecified atom stereocenters. The Labute approximate surface area is 147 Å². The van der Waals surface area contributed by atoms with E-state index in [1.54, 1.807) is 18.2 Å². The van der Waals surface area contributed by atoms with Crippen molar-refractivity contribution >= 4 is 17.5 Å². The second-order valence-corrected chi connectivity index (χ2v) is 5.82. The molecule has 1 heterocycles. The van der Waals surface area contributed by atoms with Crippen molar-refractivity contribution < 1.29 is 18.8 Å². The van der Waals surface area contributed by atoms with Crippen molar-refractivity contribution in [2.45, 2.75) is 26.2 Å². The summed E-state index contributed by atoms with van der Waals surface area (Å²) in [6.45, 7) is 2.77. The number of amides is 1. The first kappa shape index (κ1) is 18.4. The van der Waals surface area contributed by atoms with Gasteiger partial charge in [0.2, 0.25) is 0 Å². The van der Waals surface area contributed by atoms with E-state index in [9.17, 15) is 4.79 Å². The third-order valence-corrected chi connectivity index (χ3v) is 3.81. The van der Waals surface area contributed by atoms with Crippen molar-refractivity contribution in [1.82, 2.24) is 5.06 Å². The van der Waals surface area contributed by atoms with Crippen LogP contribution >= 0.6 is 11.6 Å². The molecule has 0 spiro atoms. The predicted molar refractivity (Wildman–Crippen MR) is 92.5 cm³/mol. The SMILES string of the molecule is CCCCOc1ccc(Cl)cc1Cc1ccc(C(=O)N(C)OC)o1. The molecule has 0 bridgehead atoms. The van der Waals surface area contributed by atoms with E-state index >= 15 is 0 Å². The minimum atomic E-state index is -0.339. The molecule has 0 fully saturated rings. The van der Waals surface area contributed by atoms with Crippen LogP contribution in [0, 0.1) is 0 Å². The van der Waals surface area contributed by atoms with Gasteiger partial charge in [-0.1, -0.05) is 24.9 Å². The zero-order valence-corrected chi connectivity index (χ0v) is 14.9. The Morgan fingerprint density at radius 2 is 2.08 bits per heavy atom.